The van der Waals surface area contributed by atoms with Crippen molar-refractivity contribution in [1.29, 1.82) is 0 Å². The highest BCUT2D eigenvalue weighted by Crippen LogP contribution is 2.73. The van der Waals surface area contributed by atoms with Crippen molar-refractivity contribution in [2.45, 2.75) is 66.2 Å². The van der Waals surface area contributed by atoms with Crippen LogP contribution in [0.4, 0.5) is 0 Å². The highest BCUT2D eigenvalue weighted by atomic mass is 16.4. The van der Waals surface area contributed by atoms with Crippen LogP contribution in [-0.2, 0) is 14.4 Å². The molecule has 1 spiro atoms. The zero-order valence-electron chi connectivity index (χ0n) is 18.6. The minimum absolute atomic E-state index is 0.101. The van der Waals surface area contributed by atoms with Gasteiger partial charge in [-0.3, -0.25) is 14.4 Å². The molecule has 0 aromatic rings. The second kappa shape index (κ2) is 6.17. The molecule has 0 aromatic heterocycles. The fourth-order valence-electron chi connectivity index (χ4n) is 9.05. The number of rotatable bonds is 2. The maximum Gasteiger partial charge on any atom is 0.309 e. The van der Waals surface area contributed by atoms with Crippen molar-refractivity contribution in [2.24, 2.45) is 51.8 Å². The second-order valence-corrected chi connectivity index (χ2v) is 11.6. The van der Waals surface area contributed by atoms with Gasteiger partial charge in [0.15, 0.2) is 11.6 Å². The van der Waals surface area contributed by atoms with Gasteiger partial charge in [-0.15, -0.1) is 0 Å². The van der Waals surface area contributed by atoms with Crippen molar-refractivity contribution in [2.75, 3.05) is 0 Å². The lowest BCUT2D eigenvalue weighted by Crippen LogP contribution is -2.66. The molecule has 4 heteroatoms. The molecule has 0 saturated heterocycles. The van der Waals surface area contributed by atoms with Crippen molar-refractivity contribution < 1.29 is 19.5 Å². The van der Waals surface area contributed by atoms with Crippen LogP contribution < -0.4 is 0 Å². The average molecular weight is 411 g/mol. The van der Waals surface area contributed by atoms with Crippen molar-refractivity contribution in [3.63, 3.8) is 0 Å². The second-order valence-electron chi connectivity index (χ2n) is 11.6. The molecule has 1 N–H and O–H groups in total. The van der Waals surface area contributed by atoms with E-state index in [-0.39, 0.29) is 52.0 Å². The Morgan fingerprint density at radius 3 is 2.43 bits per heavy atom. The van der Waals surface area contributed by atoms with Gasteiger partial charge in [0.2, 0.25) is 0 Å². The van der Waals surface area contributed by atoms with Crippen LogP contribution >= 0.6 is 0 Å². The topological polar surface area (TPSA) is 71.4 Å². The van der Waals surface area contributed by atoms with Gasteiger partial charge in [0.05, 0.1) is 5.41 Å². The Kier molecular flexibility index (Phi) is 4.16. The third-order valence-electron chi connectivity index (χ3n) is 10.2. The molecule has 0 heterocycles. The summed E-state index contributed by atoms with van der Waals surface area (Å²) >= 11 is 0. The predicted molar refractivity (Wildman–Crippen MR) is 114 cm³/mol. The maximum atomic E-state index is 13.2. The third-order valence-corrected chi connectivity index (χ3v) is 10.2. The van der Waals surface area contributed by atoms with Crippen molar-refractivity contribution in [3.05, 3.63) is 23.8 Å². The van der Waals surface area contributed by atoms with E-state index in [9.17, 15) is 19.5 Å². The molecule has 0 amide bonds. The first-order valence-electron chi connectivity index (χ1n) is 11.8. The van der Waals surface area contributed by atoms with Crippen molar-refractivity contribution in [1.82, 2.24) is 0 Å². The van der Waals surface area contributed by atoms with E-state index in [1.807, 2.05) is 6.92 Å². The van der Waals surface area contributed by atoms with Crippen LogP contribution in [0.15, 0.2) is 23.8 Å². The summed E-state index contributed by atoms with van der Waals surface area (Å²) in [6, 6.07) is 0. The van der Waals surface area contributed by atoms with Crippen LogP contribution in [0.3, 0.4) is 0 Å². The largest absolute Gasteiger partial charge is 0.481 e. The van der Waals surface area contributed by atoms with Crippen LogP contribution in [-0.4, -0.2) is 22.6 Å². The number of carbonyl (C=O) groups is 3. The summed E-state index contributed by atoms with van der Waals surface area (Å²) in [5.41, 5.74) is 0.277. The summed E-state index contributed by atoms with van der Waals surface area (Å²) in [4.78, 5) is 38.6. The number of carboxylic acids is 1. The van der Waals surface area contributed by atoms with Crippen molar-refractivity contribution in [3.8, 4) is 0 Å². The fraction of sp³-hybridized carbons (Fsp3) is 0.731. The van der Waals surface area contributed by atoms with E-state index < -0.39 is 11.4 Å². The Labute approximate surface area is 179 Å². The molecule has 6 aliphatic carbocycles. The first-order valence-corrected chi connectivity index (χ1v) is 11.8. The fourth-order valence-corrected chi connectivity index (χ4v) is 9.05. The molecule has 3 fully saturated rings. The summed E-state index contributed by atoms with van der Waals surface area (Å²) < 4.78 is 0. The number of carbonyl (C=O) groups excluding carboxylic acids is 2. The van der Waals surface area contributed by atoms with Gasteiger partial charge in [0, 0.05) is 17.3 Å². The zero-order valence-corrected chi connectivity index (χ0v) is 18.6. The monoisotopic (exact) mass is 410 g/mol. The highest BCUT2D eigenvalue weighted by Gasteiger charge is 2.70. The van der Waals surface area contributed by atoms with Crippen molar-refractivity contribution >= 4 is 17.5 Å². The van der Waals surface area contributed by atoms with Crippen LogP contribution in [0.1, 0.15) is 66.2 Å². The van der Waals surface area contributed by atoms with E-state index in [2.05, 4.69) is 26.8 Å². The first kappa shape index (κ1) is 20.2. The van der Waals surface area contributed by atoms with Gasteiger partial charge in [-0.1, -0.05) is 38.8 Å². The number of carboxylic acid groups (broad SMARTS) is 1. The van der Waals surface area contributed by atoms with E-state index in [0.717, 1.165) is 38.5 Å². The van der Waals surface area contributed by atoms with Gasteiger partial charge in [-0.2, -0.15) is 0 Å². The lowest BCUT2D eigenvalue weighted by Gasteiger charge is -2.69. The van der Waals surface area contributed by atoms with E-state index in [4.69, 9.17) is 0 Å². The molecule has 2 bridgehead atoms. The summed E-state index contributed by atoms with van der Waals surface area (Å²) in [5, 5.41) is 10.1. The molecular weight excluding hydrogens is 376 g/mol. The summed E-state index contributed by atoms with van der Waals surface area (Å²) in [6.45, 7) is 8.67. The molecule has 0 unspecified atom stereocenters. The zero-order chi connectivity index (χ0) is 21.6. The average Bonchev–Trinajstić information content (AvgIpc) is 2.69. The summed E-state index contributed by atoms with van der Waals surface area (Å²) in [5.74, 6) is 0.00398. The normalized spacial score (nSPS) is 49.4. The Morgan fingerprint density at radius 1 is 1.07 bits per heavy atom. The quantitative estimate of drug-likeness (QED) is 0.662. The number of hydrogen-bond donors (Lipinski definition) is 1. The number of hydrogen-bond acceptors (Lipinski definition) is 3. The van der Waals surface area contributed by atoms with Gasteiger partial charge in [0.1, 0.15) is 0 Å². The lowest BCUT2D eigenvalue weighted by atomic mass is 9.33. The Morgan fingerprint density at radius 2 is 1.77 bits per heavy atom. The van der Waals surface area contributed by atoms with E-state index >= 15 is 0 Å². The molecule has 3 saturated carbocycles. The number of allylic oxidation sites excluding steroid dienone is 4. The lowest BCUT2D eigenvalue weighted by molar-refractivity contribution is -0.197. The smallest absolute Gasteiger partial charge is 0.309 e. The standard InChI is InChI=1S/C26H34O4/c1-14(2)16-13-26-11-8-19-24(3,9-5-10-25(19,4)23(29)30)20(26)12-15(16)21-17(27)6-7-18(28)22(21)26/h6-7,13-15,19-22H,5,8-12H2,1-4H3,(H,29,30)/t15-,19+,20+,21-,22+,24-,25+,26-/m0/s1. The molecule has 0 aliphatic heterocycles. The molecule has 6 rings (SSSR count). The van der Waals surface area contributed by atoms with Gasteiger partial charge in [0.25, 0.3) is 0 Å². The van der Waals surface area contributed by atoms with Gasteiger partial charge >= 0.3 is 5.97 Å². The highest BCUT2D eigenvalue weighted by molar-refractivity contribution is 6.08. The molecule has 0 radical (unpaired) electrons. The number of ketones is 2. The van der Waals surface area contributed by atoms with E-state index in [0.29, 0.717) is 5.92 Å². The SMILES string of the molecule is CC(C)C1=C[C@@]23CC[C@@H]4[C@](C)(CCC[C@@]4(C)C(=O)O)[C@H]2C[C@@H]1[C@H]1C(=O)C=CC(=O)[C@H]13. The number of fused-ring (bicyclic) bond motifs is 1. The Hall–Kier alpha value is -1.71. The maximum absolute atomic E-state index is 13.2. The van der Waals surface area contributed by atoms with E-state index in [1.54, 1.807) is 0 Å². The molecule has 0 aromatic carbocycles. The third kappa shape index (κ3) is 2.26. The van der Waals surface area contributed by atoms with Gasteiger partial charge < -0.3 is 5.11 Å². The minimum atomic E-state index is -0.693. The molecule has 4 nitrogen and oxygen atoms in total. The predicted octanol–water partition coefficient (Wildman–Crippen LogP) is 4.84. The molecule has 30 heavy (non-hydrogen) atoms. The first-order chi connectivity index (χ1) is 14.1. The summed E-state index contributed by atoms with van der Waals surface area (Å²) in [6.07, 6.45) is 10.8. The molecular formula is C26H34O4. The minimum Gasteiger partial charge on any atom is -0.481 e. The van der Waals surface area contributed by atoms with E-state index in [1.165, 1.54) is 17.7 Å². The molecule has 8 atom stereocenters. The van der Waals surface area contributed by atoms with Gasteiger partial charge in [-0.05, 0) is 80.3 Å². The van der Waals surface area contributed by atoms with Crippen LogP contribution in [0, 0.1) is 51.8 Å². The van der Waals surface area contributed by atoms with Crippen LogP contribution in [0.5, 0.6) is 0 Å². The Balaban J connectivity index is 1.68. The van der Waals surface area contributed by atoms with Gasteiger partial charge in [-0.25, -0.2) is 0 Å². The van der Waals surface area contributed by atoms with Crippen LogP contribution in [0.2, 0.25) is 0 Å². The number of aliphatic carboxylic acids is 1. The molecule has 6 aliphatic rings. The van der Waals surface area contributed by atoms with Crippen LogP contribution in [0.25, 0.3) is 0 Å². The Bertz CT molecular complexity index is 897. The molecule has 162 valence electrons. The summed E-state index contributed by atoms with van der Waals surface area (Å²) in [7, 11) is 0.